The molecule has 3 aromatic rings. The van der Waals surface area contributed by atoms with E-state index in [1.807, 2.05) is 74.2 Å². The first-order chi connectivity index (χ1) is 14.9. The number of anilines is 1. The molecule has 5 nitrogen and oxygen atoms in total. The molecule has 2 aromatic carbocycles. The highest BCUT2D eigenvalue weighted by Crippen LogP contribution is 2.28. The molecule has 0 spiro atoms. The van der Waals surface area contributed by atoms with Crippen LogP contribution >= 0.6 is 11.6 Å². The predicted octanol–water partition coefficient (Wildman–Crippen LogP) is 4.61. The molecule has 0 saturated carbocycles. The molecule has 1 aromatic heterocycles. The van der Waals surface area contributed by atoms with Crippen molar-refractivity contribution in [2.24, 2.45) is 0 Å². The lowest BCUT2D eigenvalue weighted by Gasteiger charge is -2.36. The summed E-state index contributed by atoms with van der Waals surface area (Å²) in [5, 5.41) is 0.752. The molecular formula is C25H27ClN4O. The molecule has 0 atom stereocenters. The van der Waals surface area contributed by atoms with Gasteiger partial charge >= 0.3 is 0 Å². The Balaban J connectivity index is 1.55. The number of aromatic nitrogens is 2. The van der Waals surface area contributed by atoms with Crippen molar-refractivity contribution in [2.45, 2.75) is 27.2 Å². The van der Waals surface area contributed by atoms with Crippen molar-refractivity contribution < 1.29 is 4.79 Å². The van der Waals surface area contributed by atoms with E-state index in [0.29, 0.717) is 19.5 Å². The van der Waals surface area contributed by atoms with Crippen LogP contribution in [0.1, 0.15) is 38.6 Å². The molecule has 0 bridgehead atoms. The van der Waals surface area contributed by atoms with Gasteiger partial charge in [0.05, 0.1) is 0 Å². The minimum atomic E-state index is 0.101. The van der Waals surface area contributed by atoms with E-state index < -0.39 is 0 Å². The van der Waals surface area contributed by atoms with Crippen LogP contribution in [-0.2, 0) is 6.42 Å². The Hall–Kier alpha value is -2.92. The van der Waals surface area contributed by atoms with E-state index in [-0.39, 0.29) is 5.91 Å². The van der Waals surface area contributed by atoms with Gasteiger partial charge in [0.15, 0.2) is 0 Å². The molecule has 0 N–H and O–H groups in total. The van der Waals surface area contributed by atoms with Gasteiger partial charge in [0.1, 0.15) is 11.6 Å². The van der Waals surface area contributed by atoms with Crippen LogP contribution in [0.4, 0.5) is 5.82 Å². The van der Waals surface area contributed by atoms with Crippen LogP contribution in [0.2, 0.25) is 5.02 Å². The summed E-state index contributed by atoms with van der Waals surface area (Å²) in [6.07, 6.45) is 0.684. The molecule has 0 unspecified atom stereocenters. The maximum absolute atomic E-state index is 13.0. The first kappa shape index (κ1) is 21.3. The topological polar surface area (TPSA) is 49.3 Å². The second-order valence-electron chi connectivity index (χ2n) is 8.02. The number of benzene rings is 2. The lowest BCUT2D eigenvalue weighted by Crippen LogP contribution is -2.49. The maximum Gasteiger partial charge on any atom is 0.254 e. The van der Waals surface area contributed by atoms with Crippen LogP contribution in [0.3, 0.4) is 0 Å². The van der Waals surface area contributed by atoms with Crippen molar-refractivity contribution >= 4 is 23.3 Å². The van der Waals surface area contributed by atoms with Crippen molar-refractivity contribution in [1.82, 2.24) is 14.9 Å². The van der Waals surface area contributed by atoms with Crippen LogP contribution in [0.25, 0.3) is 0 Å². The van der Waals surface area contributed by atoms with Gasteiger partial charge in [0.25, 0.3) is 5.91 Å². The Bertz CT molecular complexity index is 1110. The van der Waals surface area contributed by atoms with Gasteiger partial charge < -0.3 is 9.80 Å². The van der Waals surface area contributed by atoms with Crippen molar-refractivity contribution in [3.8, 4) is 0 Å². The van der Waals surface area contributed by atoms with Crippen molar-refractivity contribution in [1.29, 1.82) is 0 Å². The van der Waals surface area contributed by atoms with Crippen LogP contribution < -0.4 is 4.90 Å². The van der Waals surface area contributed by atoms with Crippen LogP contribution in [-0.4, -0.2) is 47.0 Å². The van der Waals surface area contributed by atoms with Crippen LogP contribution in [0, 0.1) is 20.8 Å². The van der Waals surface area contributed by atoms with Crippen molar-refractivity contribution in [2.75, 3.05) is 31.1 Å². The Labute approximate surface area is 188 Å². The Morgan fingerprint density at radius 3 is 2.32 bits per heavy atom. The molecule has 4 rings (SSSR count). The Kier molecular flexibility index (Phi) is 6.23. The zero-order chi connectivity index (χ0) is 22.0. The van der Waals surface area contributed by atoms with Gasteiger partial charge in [-0.15, -0.1) is 0 Å². The minimum absolute atomic E-state index is 0.101. The standard InChI is InChI=1S/C25H27ClN4O/c1-17-8-4-6-10-21(17)25(31)30-14-12-29(13-15-30)24-22(18(2)27-19(3)28-24)16-20-9-5-7-11-23(20)26/h4-11H,12-16H2,1-3H3. The number of carbonyl (C=O) groups excluding carboxylic acids is 1. The van der Waals surface area contributed by atoms with E-state index in [4.69, 9.17) is 16.6 Å². The third-order valence-corrected chi connectivity index (χ3v) is 6.24. The van der Waals surface area contributed by atoms with Gasteiger partial charge in [-0.2, -0.15) is 0 Å². The zero-order valence-corrected chi connectivity index (χ0v) is 19.0. The SMILES string of the molecule is Cc1nc(C)c(Cc2ccccc2Cl)c(N2CCN(C(=O)c3ccccc3C)CC2)n1. The third kappa shape index (κ3) is 4.57. The highest BCUT2D eigenvalue weighted by atomic mass is 35.5. The summed E-state index contributed by atoms with van der Waals surface area (Å²) in [7, 11) is 0. The van der Waals surface area contributed by atoms with Gasteiger partial charge in [0.2, 0.25) is 0 Å². The van der Waals surface area contributed by atoms with Crippen LogP contribution in [0.5, 0.6) is 0 Å². The molecule has 2 heterocycles. The second kappa shape index (κ2) is 9.06. The number of rotatable bonds is 4. The molecule has 1 aliphatic heterocycles. The van der Waals surface area contributed by atoms with Crippen LogP contribution in [0.15, 0.2) is 48.5 Å². The fourth-order valence-electron chi connectivity index (χ4n) is 4.12. The molecule has 6 heteroatoms. The summed E-state index contributed by atoms with van der Waals surface area (Å²) in [5.74, 6) is 1.81. The lowest BCUT2D eigenvalue weighted by molar-refractivity contribution is 0.0745. The minimum Gasteiger partial charge on any atom is -0.353 e. The van der Waals surface area contributed by atoms with Crippen molar-refractivity contribution in [3.05, 3.63) is 87.3 Å². The average molecular weight is 435 g/mol. The van der Waals surface area contributed by atoms with E-state index >= 15 is 0 Å². The zero-order valence-electron chi connectivity index (χ0n) is 18.2. The monoisotopic (exact) mass is 434 g/mol. The molecule has 1 saturated heterocycles. The number of hydrogen-bond acceptors (Lipinski definition) is 4. The summed E-state index contributed by atoms with van der Waals surface area (Å²) in [5.41, 5.74) is 4.93. The number of aryl methyl sites for hydroxylation is 3. The van der Waals surface area contributed by atoms with Gasteiger partial charge in [-0.1, -0.05) is 48.0 Å². The summed E-state index contributed by atoms with van der Waals surface area (Å²) >= 11 is 6.42. The largest absolute Gasteiger partial charge is 0.353 e. The predicted molar refractivity (Wildman–Crippen MR) is 125 cm³/mol. The number of hydrogen-bond donors (Lipinski definition) is 0. The van der Waals surface area contributed by atoms with E-state index in [9.17, 15) is 4.79 Å². The number of nitrogens with zero attached hydrogens (tertiary/aromatic N) is 4. The highest BCUT2D eigenvalue weighted by Gasteiger charge is 2.26. The molecule has 160 valence electrons. The fourth-order valence-corrected chi connectivity index (χ4v) is 4.33. The van der Waals surface area contributed by atoms with Gasteiger partial charge in [-0.25, -0.2) is 9.97 Å². The molecule has 1 amide bonds. The Morgan fingerprint density at radius 1 is 0.935 bits per heavy atom. The van der Waals surface area contributed by atoms with Gasteiger partial charge in [-0.3, -0.25) is 4.79 Å². The first-order valence-electron chi connectivity index (χ1n) is 10.6. The summed E-state index contributed by atoms with van der Waals surface area (Å²) < 4.78 is 0. The quantitative estimate of drug-likeness (QED) is 0.601. The highest BCUT2D eigenvalue weighted by molar-refractivity contribution is 6.31. The Morgan fingerprint density at radius 2 is 1.61 bits per heavy atom. The first-order valence-corrected chi connectivity index (χ1v) is 11.0. The molecular weight excluding hydrogens is 408 g/mol. The number of piperazine rings is 1. The third-order valence-electron chi connectivity index (χ3n) is 5.87. The number of amides is 1. The molecule has 0 aliphatic carbocycles. The molecule has 1 aliphatic rings. The second-order valence-corrected chi connectivity index (χ2v) is 8.43. The van der Waals surface area contributed by atoms with Crippen molar-refractivity contribution in [3.63, 3.8) is 0 Å². The summed E-state index contributed by atoms with van der Waals surface area (Å²) in [6.45, 7) is 8.75. The summed E-state index contributed by atoms with van der Waals surface area (Å²) in [6, 6.07) is 15.7. The summed E-state index contributed by atoms with van der Waals surface area (Å²) in [4.78, 5) is 26.6. The molecule has 0 radical (unpaired) electrons. The van der Waals surface area contributed by atoms with Gasteiger partial charge in [0, 0.05) is 54.4 Å². The fraction of sp³-hybridized carbons (Fsp3) is 0.320. The number of carbonyl (C=O) groups is 1. The maximum atomic E-state index is 13.0. The van der Waals surface area contributed by atoms with E-state index in [1.54, 1.807) is 0 Å². The molecule has 31 heavy (non-hydrogen) atoms. The normalized spacial score (nSPS) is 14.1. The van der Waals surface area contributed by atoms with E-state index in [2.05, 4.69) is 9.88 Å². The smallest absolute Gasteiger partial charge is 0.254 e. The van der Waals surface area contributed by atoms with E-state index in [0.717, 1.165) is 57.7 Å². The molecule has 1 fully saturated rings. The number of halogens is 1. The van der Waals surface area contributed by atoms with E-state index in [1.165, 1.54) is 0 Å². The lowest BCUT2D eigenvalue weighted by atomic mass is 10.0. The van der Waals surface area contributed by atoms with Gasteiger partial charge in [-0.05, 0) is 44.0 Å². The average Bonchev–Trinajstić information content (AvgIpc) is 2.77.